The Morgan fingerprint density at radius 2 is 1.10 bits per heavy atom. The third-order valence-corrected chi connectivity index (χ3v) is 7.25. The van der Waals surface area contributed by atoms with Gasteiger partial charge in [-0.2, -0.15) is 0 Å². The van der Waals surface area contributed by atoms with Crippen molar-refractivity contribution >= 4 is 46.4 Å². The SMILES string of the molecule is Oc1c(Cl)cc(Cl)cc1CN1CCC[C@H]1[C@@H]1CCCN1Cc1cc(Cl)cc(Cl)c1O. The lowest BCUT2D eigenvalue weighted by atomic mass is 10.0. The van der Waals surface area contributed by atoms with E-state index in [1.807, 2.05) is 0 Å². The molecule has 4 nitrogen and oxygen atoms in total. The van der Waals surface area contributed by atoms with Crippen molar-refractivity contribution in [2.45, 2.75) is 50.9 Å². The molecule has 2 aromatic carbocycles. The molecule has 0 aromatic heterocycles. The smallest absolute Gasteiger partial charge is 0.138 e. The Morgan fingerprint density at radius 3 is 1.50 bits per heavy atom. The average molecular weight is 490 g/mol. The van der Waals surface area contributed by atoms with Gasteiger partial charge in [0.15, 0.2) is 0 Å². The van der Waals surface area contributed by atoms with Gasteiger partial charge in [-0.05, 0) is 63.0 Å². The van der Waals surface area contributed by atoms with Crippen LogP contribution in [0.4, 0.5) is 0 Å². The Labute approximate surface area is 196 Å². The topological polar surface area (TPSA) is 46.9 Å². The highest BCUT2D eigenvalue weighted by Crippen LogP contribution is 2.38. The van der Waals surface area contributed by atoms with Gasteiger partial charge in [-0.15, -0.1) is 0 Å². The van der Waals surface area contributed by atoms with Crippen LogP contribution in [0.1, 0.15) is 36.8 Å². The number of aromatic hydroxyl groups is 2. The molecule has 30 heavy (non-hydrogen) atoms. The predicted octanol–water partition coefficient (Wildman–Crippen LogP) is 6.34. The summed E-state index contributed by atoms with van der Waals surface area (Å²) in [6.45, 7) is 3.14. The lowest BCUT2D eigenvalue weighted by molar-refractivity contribution is 0.123. The van der Waals surface area contributed by atoms with Gasteiger partial charge in [0, 0.05) is 46.3 Å². The second-order valence-electron chi connectivity index (χ2n) is 8.15. The fraction of sp³-hybridized carbons (Fsp3) is 0.455. The highest BCUT2D eigenvalue weighted by molar-refractivity contribution is 6.36. The van der Waals surface area contributed by atoms with E-state index >= 15 is 0 Å². The van der Waals surface area contributed by atoms with Gasteiger partial charge in [0.25, 0.3) is 0 Å². The lowest BCUT2D eigenvalue weighted by Crippen LogP contribution is -2.45. The Kier molecular flexibility index (Phi) is 6.93. The maximum Gasteiger partial charge on any atom is 0.138 e. The summed E-state index contributed by atoms with van der Waals surface area (Å²) < 4.78 is 0. The van der Waals surface area contributed by atoms with Gasteiger partial charge < -0.3 is 10.2 Å². The van der Waals surface area contributed by atoms with Crippen molar-refractivity contribution in [2.24, 2.45) is 0 Å². The number of phenols is 2. The number of likely N-dealkylation sites (tertiary alicyclic amines) is 2. The summed E-state index contributed by atoms with van der Waals surface area (Å²) in [5.74, 6) is 0.210. The Balaban J connectivity index is 1.52. The molecule has 2 atom stereocenters. The Bertz CT molecular complexity index is 864. The van der Waals surface area contributed by atoms with Crippen molar-refractivity contribution in [1.82, 2.24) is 9.80 Å². The van der Waals surface area contributed by atoms with Crippen LogP contribution < -0.4 is 0 Å². The monoisotopic (exact) mass is 488 g/mol. The van der Waals surface area contributed by atoms with Crippen molar-refractivity contribution in [3.05, 3.63) is 55.5 Å². The molecule has 2 heterocycles. The molecule has 2 saturated heterocycles. The van der Waals surface area contributed by atoms with Crippen LogP contribution >= 0.6 is 46.4 Å². The number of halogens is 4. The van der Waals surface area contributed by atoms with E-state index in [1.54, 1.807) is 24.3 Å². The van der Waals surface area contributed by atoms with Crippen LogP contribution in [0.15, 0.2) is 24.3 Å². The summed E-state index contributed by atoms with van der Waals surface area (Å²) >= 11 is 24.5. The first kappa shape index (κ1) is 22.3. The Morgan fingerprint density at radius 1 is 0.700 bits per heavy atom. The third-order valence-electron chi connectivity index (χ3n) is 6.23. The zero-order chi connectivity index (χ0) is 21.4. The van der Waals surface area contributed by atoms with Crippen LogP contribution in [-0.2, 0) is 13.1 Å². The van der Waals surface area contributed by atoms with Crippen LogP contribution in [0.3, 0.4) is 0 Å². The number of hydrogen-bond donors (Lipinski definition) is 2. The van der Waals surface area contributed by atoms with E-state index in [0.29, 0.717) is 35.2 Å². The van der Waals surface area contributed by atoms with Crippen molar-refractivity contribution in [3.8, 4) is 11.5 Å². The van der Waals surface area contributed by atoms with Crippen molar-refractivity contribution in [1.29, 1.82) is 0 Å². The van der Waals surface area contributed by atoms with Gasteiger partial charge in [0.05, 0.1) is 10.0 Å². The molecular formula is C22H24Cl4N2O2. The summed E-state index contributed by atoms with van der Waals surface area (Å²) in [6.07, 6.45) is 4.41. The molecule has 2 fully saturated rings. The van der Waals surface area contributed by atoms with E-state index in [4.69, 9.17) is 46.4 Å². The van der Waals surface area contributed by atoms with Crippen LogP contribution in [0.5, 0.6) is 11.5 Å². The molecule has 0 amide bonds. The second-order valence-corrected chi connectivity index (χ2v) is 9.84. The molecule has 8 heteroatoms. The van der Waals surface area contributed by atoms with Crippen LogP contribution in [0.25, 0.3) is 0 Å². The number of nitrogens with zero attached hydrogens (tertiary/aromatic N) is 2. The summed E-state index contributed by atoms with van der Waals surface area (Å²) in [6, 6.07) is 7.42. The zero-order valence-electron chi connectivity index (χ0n) is 16.4. The Hall–Kier alpha value is -0.880. The predicted molar refractivity (Wildman–Crippen MR) is 123 cm³/mol. The molecule has 0 spiro atoms. The van der Waals surface area contributed by atoms with E-state index in [0.717, 1.165) is 49.9 Å². The fourth-order valence-corrected chi connectivity index (χ4v) is 5.96. The molecule has 0 saturated carbocycles. The fourth-order valence-electron chi connectivity index (χ4n) is 4.89. The molecule has 4 rings (SSSR count). The van der Waals surface area contributed by atoms with Gasteiger partial charge >= 0.3 is 0 Å². The van der Waals surface area contributed by atoms with Crippen molar-refractivity contribution < 1.29 is 10.2 Å². The molecule has 162 valence electrons. The van der Waals surface area contributed by atoms with Gasteiger partial charge in [-0.25, -0.2) is 0 Å². The summed E-state index contributed by atoms with van der Waals surface area (Å²) in [7, 11) is 0. The summed E-state index contributed by atoms with van der Waals surface area (Å²) in [5.41, 5.74) is 1.51. The van der Waals surface area contributed by atoms with E-state index in [1.165, 1.54) is 0 Å². The number of hydrogen-bond acceptors (Lipinski definition) is 4. The maximum absolute atomic E-state index is 10.4. The highest BCUT2D eigenvalue weighted by Gasteiger charge is 2.38. The first-order chi connectivity index (χ1) is 14.3. The first-order valence-corrected chi connectivity index (χ1v) is 11.7. The minimum Gasteiger partial charge on any atom is -0.506 e. The lowest BCUT2D eigenvalue weighted by Gasteiger charge is -2.35. The maximum atomic E-state index is 10.4. The van der Waals surface area contributed by atoms with Gasteiger partial charge in [-0.1, -0.05) is 46.4 Å². The molecule has 0 bridgehead atoms. The highest BCUT2D eigenvalue weighted by atomic mass is 35.5. The van der Waals surface area contributed by atoms with E-state index in [9.17, 15) is 10.2 Å². The molecular weight excluding hydrogens is 466 g/mol. The van der Waals surface area contributed by atoms with Crippen LogP contribution in [0.2, 0.25) is 20.1 Å². The van der Waals surface area contributed by atoms with E-state index in [2.05, 4.69) is 9.80 Å². The first-order valence-electron chi connectivity index (χ1n) is 10.2. The number of rotatable bonds is 5. The van der Waals surface area contributed by atoms with Crippen molar-refractivity contribution in [3.63, 3.8) is 0 Å². The van der Waals surface area contributed by atoms with E-state index in [-0.39, 0.29) is 21.5 Å². The molecule has 0 aliphatic carbocycles. The average Bonchev–Trinajstić information content (AvgIpc) is 3.32. The van der Waals surface area contributed by atoms with Gasteiger partial charge in [0.2, 0.25) is 0 Å². The summed E-state index contributed by atoms with van der Waals surface area (Å²) in [4.78, 5) is 4.82. The zero-order valence-corrected chi connectivity index (χ0v) is 19.4. The van der Waals surface area contributed by atoms with Crippen LogP contribution in [-0.4, -0.2) is 45.2 Å². The summed E-state index contributed by atoms with van der Waals surface area (Å²) in [5, 5.41) is 22.4. The molecule has 0 unspecified atom stereocenters. The quantitative estimate of drug-likeness (QED) is 0.514. The molecule has 0 radical (unpaired) electrons. The standard InChI is InChI=1S/C22H24Cl4N2O2/c23-15-7-13(21(29)17(25)9-15)11-27-5-1-3-19(27)20-4-2-6-28(20)12-14-8-16(24)10-18(26)22(14)30/h7-10,19-20,29-30H,1-6,11-12H2/t19-,20-/m0/s1. The van der Waals surface area contributed by atoms with Crippen molar-refractivity contribution in [2.75, 3.05) is 13.1 Å². The minimum absolute atomic E-state index is 0.105. The third kappa shape index (κ3) is 4.64. The number of phenolic OH excluding ortho intramolecular Hbond substituents is 2. The molecule has 2 aliphatic heterocycles. The largest absolute Gasteiger partial charge is 0.506 e. The molecule has 2 aliphatic rings. The van der Waals surface area contributed by atoms with E-state index < -0.39 is 0 Å². The molecule has 2 N–H and O–H groups in total. The van der Waals surface area contributed by atoms with Gasteiger partial charge in [0.1, 0.15) is 11.5 Å². The van der Waals surface area contributed by atoms with Crippen LogP contribution in [0, 0.1) is 0 Å². The second kappa shape index (κ2) is 9.32. The number of benzene rings is 2. The van der Waals surface area contributed by atoms with Gasteiger partial charge in [-0.3, -0.25) is 9.80 Å². The molecule has 2 aromatic rings. The normalized spacial score (nSPS) is 22.8. The minimum atomic E-state index is 0.105.